The van der Waals surface area contributed by atoms with Crippen LogP contribution in [0.2, 0.25) is 0 Å². The number of hydrogen-bond acceptors (Lipinski definition) is 6. The van der Waals surface area contributed by atoms with Crippen molar-refractivity contribution in [3.05, 3.63) is 54.2 Å². The first kappa shape index (κ1) is 18.8. The van der Waals surface area contributed by atoms with Gasteiger partial charge in [-0.05, 0) is 36.4 Å². The van der Waals surface area contributed by atoms with E-state index >= 15 is 0 Å². The number of rotatable bonds is 6. The molecule has 0 amide bonds. The van der Waals surface area contributed by atoms with E-state index in [0.29, 0.717) is 12.2 Å². The molecule has 0 saturated heterocycles. The summed E-state index contributed by atoms with van der Waals surface area (Å²) in [7, 11) is -3.05. The maximum Gasteiger partial charge on any atom is 0.326 e. The van der Waals surface area contributed by atoms with Crippen molar-refractivity contribution < 1.29 is 22.3 Å². The largest absolute Gasteiger partial charge is 0.468 e. The number of sulfonamides is 1. The number of fused-ring (bicyclic) bond motifs is 1. The van der Waals surface area contributed by atoms with Gasteiger partial charge in [0.05, 0.1) is 12.8 Å². The highest BCUT2D eigenvalue weighted by atomic mass is 32.2. The Bertz CT molecular complexity index is 1080. The molecule has 2 aromatic heterocycles. The Balaban J connectivity index is 2.17. The van der Waals surface area contributed by atoms with Gasteiger partial charge in [0.1, 0.15) is 23.1 Å². The van der Waals surface area contributed by atoms with E-state index in [1.54, 1.807) is 16.7 Å². The molecular formula is C17H17FN4O4S. The Morgan fingerprint density at radius 3 is 2.56 bits per heavy atom. The first-order valence-corrected chi connectivity index (χ1v) is 9.50. The summed E-state index contributed by atoms with van der Waals surface area (Å²) in [6.07, 6.45) is 2.23. The smallest absolute Gasteiger partial charge is 0.326 e. The van der Waals surface area contributed by atoms with Crippen molar-refractivity contribution in [2.24, 2.45) is 0 Å². The molecule has 0 atom stereocenters. The van der Waals surface area contributed by atoms with Crippen molar-refractivity contribution in [1.29, 1.82) is 0 Å². The molecule has 0 fully saturated rings. The average Bonchev–Trinajstić information content (AvgIpc) is 3.09. The predicted octanol–water partition coefficient (Wildman–Crippen LogP) is 1.80. The Morgan fingerprint density at radius 2 is 1.93 bits per heavy atom. The molecule has 0 spiro atoms. The number of nitrogens with zero attached hydrogens (tertiary/aromatic N) is 4. The number of hydrogen-bond donors (Lipinski definition) is 0. The molecule has 0 bridgehead atoms. The quantitative estimate of drug-likeness (QED) is 0.594. The summed E-state index contributed by atoms with van der Waals surface area (Å²) in [6, 6.07) is 7.72. The van der Waals surface area contributed by atoms with Gasteiger partial charge in [-0.25, -0.2) is 12.8 Å². The minimum Gasteiger partial charge on any atom is -0.468 e. The summed E-state index contributed by atoms with van der Waals surface area (Å²) in [4.78, 5) is 11.7. The fourth-order valence-electron chi connectivity index (χ4n) is 2.60. The Kier molecular flexibility index (Phi) is 5.08. The van der Waals surface area contributed by atoms with Crippen molar-refractivity contribution in [1.82, 2.24) is 14.6 Å². The molecule has 1 aromatic carbocycles. The minimum atomic E-state index is -4.21. The summed E-state index contributed by atoms with van der Waals surface area (Å²) < 4.78 is 47.0. The van der Waals surface area contributed by atoms with Crippen molar-refractivity contribution in [2.75, 3.05) is 18.0 Å². The number of carbonyl (C=O) groups is 1. The van der Waals surface area contributed by atoms with Crippen LogP contribution in [0.4, 0.5) is 10.1 Å². The molecule has 10 heteroatoms. The maximum atomic E-state index is 13.3. The van der Waals surface area contributed by atoms with E-state index in [1.165, 1.54) is 18.2 Å². The number of methoxy groups -OCH3 is 1. The molecule has 0 N–H and O–H groups in total. The van der Waals surface area contributed by atoms with Gasteiger partial charge in [-0.3, -0.25) is 13.5 Å². The third kappa shape index (κ3) is 3.47. The zero-order valence-electron chi connectivity index (χ0n) is 14.7. The minimum absolute atomic E-state index is 0.120. The standard InChI is InChI=1S/C17H17FN4O4S/c1-3-15-19-20-17-14(5-4-10-21(15)17)27(24,25)22(11-16(23)26-2)13-8-6-12(18)7-9-13/h4-10H,3,11H2,1-2H3. The van der Waals surface area contributed by atoms with Crippen LogP contribution in [0.15, 0.2) is 47.5 Å². The summed E-state index contributed by atoms with van der Waals surface area (Å²) >= 11 is 0. The molecule has 142 valence electrons. The second kappa shape index (κ2) is 7.31. The van der Waals surface area contributed by atoms with Crippen molar-refractivity contribution >= 4 is 27.3 Å². The van der Waals surface area contributed by atoms with Crippen LogP contribution < -0.4 is 4.31 Å². The fourth-order valence-corrected chi connectivity index (χ4v) is 4.14. The fraction of sp³-hybridized carbons (Fsp3) is 0.235. The van der Waals surface area contributed by atoms with E-state index in [0.717, 1.165) is 23.5 Å². The van der Waals surface area contributed by atoms with Crippen LogP contribution in [-0.4, -0.2) is 42.6 Å². The van der Waals surface area contributed by atoms with E-state index in [1.807, 2.05) is 6.92 Å². The lowest BCUT2D eigenvalue weighted by atomic mass is 10.3. The van der Waals surface area contributed by atoms with Crippen LogP contribution in [0.3, 0.4) is 0 Å². The summed E-state index contributed by atoms with van der Waals surface area (Å²) in [5.74, 6) is -0.685. The van der Waals surface area contributed by atoms with Crippen LogP contribution in [0.5, 0.6) is 0 Å². The lowest BCUT2D eigenvalue weighted by Gasteiger charge is -2.23. The number of aryl methyl sites for hydroxylation is 1. The number of ether oxygens (including phenoxy) is 1. The molecule has 0 aliphatic rings. The number of esters is 1. The number of aromatic nitrogens is 3. The van der Waals surface area contributed by atoms with Crippen LogP contribution in [0.25, 0.3) is 5.65 Å². The Hall–Kier alpha value is -3.01. The van der Waals surface area contributed by atoms with Gasteiger partial charge in [-0.2, -0.15) is 0 Å². The second-order valence-electron chi connectivity index (χ2n) is 5.60. The summed E-state index contributed by atoms with van der Waals surface area (Å²) in [5.41, 5.74) is 0.269. The zero-order chi connectivity index (χ0) is 19.6. The highest BCUT2D eigenvalue weighted by Gasteiger charge is 2.30. The molecule has 0 unspecified atom stereocenters. The first-order valence-electron chi connectivity index (χ1n) is 8.06. The van der Waals surface area contributed by atoms with Gasteiger partial charge in [0.2, 0.25) is 0 Å². The van der Waals surface area contributed by atoms with E-state index in [9.17, 15) is 17.6 Å². The number of carbonyl (C=O) groups excluding carboxylic acids is 1. The van der Waals surface area contributed by atoms with Gasteiger partial charge in [0, 0.05) is 12.6 Å². The number of benzene rings is 1. The molecule has 2 heterocycles. The molecule has 0 saturated carbocycles. The van der Waals surface area contributed by atoms with Crippen LogP contribution in [0.1, 0.15) is 12.7 Å². The van der Waals surface area contributed by atoms with Crippen LogP contribution in [0, 0.1) is 5.82 Å². The first-order chi connectivity index (χ1) is 12.9. The second-order valence-corrected chi connectivity index (χ2v) is 7.43. The van der Waals surface area contributed by atoms with Crippen LogP contribution >= 0.6 is 0 Å². The lowest BCUT2D eigenvalue weighted by molar-refractivity contribution is -0.138. The monoisotopic (exact) mass is 392 g/mol. The zero-order valence-corrected chi connectivity index (χ0v) is 15.5. The molecule has 3 aromatic rings. The molecule has 3 rings (SSSR count). The predicted molar refractivity (Wildman–Crippen MR) is 95.3 cm³/mol. The van der Waals surface area contributed by atoms with Gasteiger partial charge >= 0.3 is 5.97 Å². The third-order valence-electron chi connectivity index (χ3n) is 3.97. The highest BCUT2D eigenvalue weighted by molar-refractivity contribution is 7.93. The third-order valence-corrected chi connectivity index (χ3v) is 5.76. The SMILES string of the molecule is CCc1nnc2c(S(=O)(=O)N(CC(=O)OC)c3ccc(F)cc3)cccn12. The molecular weight excluding hydrogens is 375 g/mol. The maximum absolute atomic E-state index is 13.3. The molecule has 0 radical (unpaired) electrons. The topological polar surface area (TPSA) is 93.9 Å². The van der Waals surface area contributed by atoms with Crippen molar-refractivity contribution in [3.8, 4) is 0 Å². The highest BCUT2D eigenvalue weighted by Crippen LogP contribution is 2.26. The van der Waals surface area contributed by atoms with Gasteiger partial charge in [0.15, 0.2) is 5.65 Å². The average molecular weight is 392 g/mol. The van der Waals surface area contributed by atoms with Crippen molar-refractivity contribution in [3.63, 3.8) is 0 Å². The number of halogens is 1. The molecule has 8 nitrogen and oxygen atoms in total. The van der Waals surface area contributed by atoms with Crippen LogP contribution in [-0.2, 0) is 26.0 Å². The lowest BCUT2D eigenvalue weighted by Crippen LogP contribution is -2.36. The molecule has 0 aliphatic carbocycles. The van der Waals surface area contributed by atoms with Gasteiger partial charge in [0.25, 0.3) is 10.0 Å². The van der Waals surface area contributed by atoms with Gasteiger partial charge < -0.3 is 4.74 Å². The van der Waals surface area contributed by atoms with E-state index in [-0.39, 0.29) is 16.2 Å². The number of pyridine rings is 1. The van der Waals surface area contributed by atoms with Crippen molar-refractivity contribution in [2.45, 2.75) is 18.2 Å². The van der Waals surface area contributed by atoms with Gasteiger partial charge in [-0.15, -0.1) is 10.2 Å². The van der Waals surface area contributed by atoms with E-state index in [2.05, 4.69) is 14.9 Å². The molecule has 0 aliphatic heterocycles. The number of anilines is 1. The van der Waals surface area contributed by atoms with E-state index in [4.69, 9.17) is 0 Å². The summed E-state index contributed by atoms with van der Waals surface area (Å²) in [6.45, 7) is 1.31. The normalized spacial score (nSPS) is 11.5. The Morgan fingerprint density at radius 1 is 1.22 bits per heavy atom. The van der Waals surface area contributed by atoms with Gasteiger partial charge in [-0.1, -0.05) is 6.92 Å². The Labute approximate surface area is 155 Å². The van der Waals surface area contributed by atoms with E-state index < -0.39 is 28.4 Å². The molecule has 27 heavy (non-hydrogen) atoms. The summed E-state index contributed by atoms with van der Waals surface area (Å²) in [5, 5.41) is 7.97.